The summed E-state index contributed by atoms with van der Waals surface area (Å²) in [4.78, 5) is 20.2. The van der Waals surface area contributed by atoms with Crippen LogP contribution in [0.3, 0.4) is 0 Å². The molecule has 0 heterocycles. The zero-order valence-electron chi connectivity index (χ0n) is 15.8. The van der Waals surface area contributed by atoms with Crippen molar-refractivity contribution in [3.63, 3.8) is 0 Å². The summed E-state index contributed by atoms with van der Waals surface area (Å²) in [5, 5.41) is 0. The summed E-state index contributed by atoms with van der Waals surface area (Å²) in [5.41, 5.74) is 2.02. The van der Waals surface area contributed by atoms with Crippen LogP contribution in [0, 0.1) is 0 Å². The van der Waals surface area contributed by atoms with Crippen LogP contribution in [0.5, 0.6) is 23.0 Å². The van der Waals surface area contributed by atoms with Crippen LogP contribution < -0.4 is 19.2 Å². The fourth-order valence-electron chi connectivity index (χ4n) is 2.55. The van der Waals surface area contributed by atoms with Crippen molar-refractivity contribution in [2.45, 2.75) is 13.2 Å². The van der Waals surface area contributed by atoms with Crippen molar-refractivity contribution in [2.24, 2.45) is 0 Å². The molecule has 0 unspecified atom stereocenters. The van der Waals surface area contributed by atoms with E-state index in [-0.39, 0.29) is 0 Å². The Kier molecular flexibility index (Phi) is 7.12. The van der Waals surface area contributed by atoms with Gasteiger partial charge in [0.2, 0.25) is 5.75 Å². The summed E-state index contributed by atoms with van der Waals surface area (Å²) < 4.78 is 11.9. The van der Waals surface area contributed by atoms with Gasteiger partial charge in [0.15, 0.2) is 17.2 Å². The molecule has 0 aromatic heterocycles. The second-order valence-corrected chi connectivity index (χ2v) is 5.80. The van der Waals surface area contributed by atoms with Crippen LogP contribution in [0.1, 0.15) is 11.1 Å². The van der Waals surface area contributed by atoms with Crippen molar-refractivity contribution in [1.82, 2.24) is 0 Å². The monoisotopic (exact) mass is 382 g/mol. The molecular weight excluding hydrogens is 360 g/mol. The van der Waals surface area contributed by atoms with Gasteiger partial charge >= 0.3 is 0 Å². The summed E-state index contributed by atoms with van der Waals surface area (Å²) in [7, 11) is 2.84. The van der Waals surface area contributed by atoms with Crippen LogP contribution in [-0.4, -0.2) is 14.2 Å². The van der Waals surface area contributed by atoms with E-state index >= 15 is 0 Å². The SMILES string of the molecule is COOc1cc(OCc2ccccc2)c(OOC)c(OCc2ccccc2)c1. The number of ether oxygens (including phenoxy) is 2. The van der Waals surface area contributed by atoms with Crippen molar-refractivity contribution < 1.29 is 29.0 Å². The summed E-state index contributed by atoms with van der Waals surface area (Å²) in [6.45, 7) is 0.685. The molecule has 28 heavy (non-hydrogen) atoms. The zero-order valence-corrected chi connectivity index (χ0v) is 15.8. The fraction of sp³-hybridized carbons (Fsp3) is 0.182. The summed E-state index contributed by atoms with van der Waals surface area (Å²) >= 11 is 0. The molecule has 0 fully saturated rings. The Morgan fingerprint density at radius 1 is 0.607 bits per heavy atom. The van der Waals surface area contributed by atoms with Gasteiger partial charge in [0.05, 0.1) is 14.2 Å². The Hall–Kier alpha value is -3.22. The van der Waals surface area contributed by atoms with Crippen LogP contribution in [0.4, 0.5) is 0 Å². The summed E-state index contributed by atoms with van der Waals surface area (Å²) in [6, 6.07) is 22.9. The van der Waals surface area contributed by atoms with Crippen LogP contribution >= 0.6 is 0 Å². The lowest BCUT2D eigenvalue weighted by molar-refractivity contribution is -0.183. The highest BCUT2D eigenvalue weighted by Gasteiger charge is 2.18. The normalized spacial score (nSPS) is 10.4. The molecule has 146 valence electrons. The molecule has 0 atom stereocenters. The molecule has 6 heteroatoms. The maximum Gasteiger partial charge on any atom is 0.249 e. The van der Waals surface area contributed by atoms with E-state index in [0.29, 0.717) is 36.2 Å². The maximum absolute atomic E-state index is 5.93. The average molecular weight is 382 g/mol. The Labute approximate surface area is 164 Å². The molecule has 0 bridgehead atoms. The maximum atomic E-state index is 5.93. The molecule has 3 rings (SSSR count). The molecule has 0 spiro atoms. The molecule has 0 radical (unpaired) electrons. The number of benzene rings is 3. The Morgan fingerprint density at radius 3 is 1.50 bits per heavy atom. The first-order valence-corrected chi connectivity index (χ1v) is 8.73. The minimum absolute atomic E-state index is 0.317. The Balaban J connectivity index is 1.86. The van der Waals surface area contributed by atoms with E-state index in [1.165, 1.54) is 14.2 Å². The van der Waals surface area contributed by atoms with E-state index in [4.69, 9.17) is 29.0 Å². The minimum Gasteiger partial charge on any atom is -0.485 e. The van der Waals surface area contributed by atoms with Crippen LogP contribution in [-0.2, 0) is 23.0 Å². The molecule has 3 aromatic rings. The van der Waals surface area contributed by atoms with Gasteiger partial charge in [-0.3, -0.25) is 0 Å². The number of hydrogen-bond acceptors (Lipinski definition) is 6. The predicted molar refractivity (Wildman–Crippen MR) is 103 cm³/mol. The highest BCUT2D eigenvalue weighted by molar-refractivity contribution is 5.55. The molecule has 0 aliphatic heterocycles. The van der Waals surface area contributed by atoms with Gasteiger partial charge in [-0.25, -0.2) is 0 Å². The molecule has 6 nitrogen and oxygen atoms in total. The van der Waals surface area contributed by atoms with Crippen molar-refractivity contribution in [1.29, 1.82) is 0 Å². The molecule has 0 amide bonds. The number of rotatable bonds is 10. The lowest BCUT2D eigenvalue weighted by Gasteiger charge is -2.16. The smallest absolute Gasteiger partial charge is 0.249 e. The first-order chi connectivity index (χ1) is 13.8. The van der Waals surface area contributed by atoms with Crippen LogP contribution in [0.15, 0.2) is 72.8 Å². The van der Waals surface area contributed by atoms with Crippen molar-refractivity contribution >= 4 is 0 Å². The summed E-state index contributed by atoms with van der Waals surface area (Å²) in [6.07, 6.45) is 0. The Morgan fingerprint density at radius 2 is 1.07 bits per heavy atom. The first-order valence-electron chi connectivity index (χ1n) is 8.73. The van der Waals surface area contributed by atoms with Gasteiger partial charge in [-0.15, -0.1) is 0 Å². The van der Waals surface area contributed by atoms with E-state index in [1.54, 1.807) is 12.1 Å². The largest absolute Gasteiger partial charge is 0.485 e. The van der Waals surface area contributed by atoms with Gasteiger partial charge in [-0.1, -0.05) is 60.7 Å². The van der Waals surface area contributed by atoms with Crippen LogP contribution in [0.2, 0.25) is 0 Å². The standard InChI is InChI=1S/C22H22O6/c1-23-27-19-13-20(25-15-17-9-5-3-6-10-17)22(28-24-2)21(14-19)26-16-18-11-7-4-8-12-18/h3-14H,15-16H2,1-2H3. The number of hydrogen-bond donors (Lipinski definition) is 0. The van der Waals surface area contributed by atoms with E-state index in [2.05, 4.69) is 0 Å². The average Bonchev–Trinajstić information content (AvgIpc) is 2.74. The van der Waals surface area contributed by atoms with Gasteiger partial charge in [-0.05, 0) is 11.1 Å². The molecular formula is C22H22O6. The highest BCUT2D eigenvalue weighted by atomic mass is 17.2. The molecule has 3 aromatic carbocycles. The predicted octanol–water partition coefficient (Wildman–Crippen LogP) is 4.73. The zero-order chi connectivity index (χ0) is 19.6. The molecule has 0 N–H and O–H groups in total. The summed E-state index contributed by atoms with van der Waals surface area (Å²) in [5.74, 6) is 1.54. The van der Waals surface area contributed by atoms with E-state index in [0.717, 1.165) is 11.1 Å². The second-order valence-electron chi connectivity index (χ2n) is 5.80. The lowest BCUT2D eigenvalue weighted by atomic mass is 10.2. The third kappa shape index (κ3) is 5.39. The molecule has 0 saturated heterocycles. The Bertz CT molecular complexity index is 787. The molecule has 0 saturated carbocycles. The van der Waals surface area contributed by atoms with Crippen molar-refractivity contribution in [3.8, 4) is 23.0 Å². The van der Waals surface area contributed by atoms with Gasteiger partial charge in [0.1, 0.15) is 13.2 Å². The van der Waals surface area contributed by atoms with Crippen molar-refractivity contribution in [2.75, 3.05) is 14.2 Å². The van der Waals surface area contributed by atoms with Crippen molar-refractivity contribution in [3.05, 3.63) is 83.9 Å². The van der Waals surface area contributed by atoms with E-state index < -0.39 is 0 Å². The van der Waals surface area contributed by atoms with Gasteiger partial charge in [-0.2, -0.15) is 9.78 Å². The first kappa shape index (κ1) is 19.5. The highest BCUT2D eigenvalue weighted by Crippen LogP contribution is 2.42. The third-order valence-corrected chi connectivity index (χ3v) is 3.81. The van der Waals surface area contributed by atoms with Gasteiger partial charge < -0.3 is 19.2 Å². The second kappa shape index (κ2) is 10.2. The van der Waals surface area contributed by atoms with Gasteiger partial charge in [0, 0.05) is 12.1 Å². The van der Waals surface area contributed by atoms with E-state index in [1.807, 2.05) is 60.7 Å². The van der Waals surface area contributed by atoms with Crippen LogP contribution in [0.25, 0.3) is 0 Å². The lowest BCUT2D eigenvalue weighted by Crippen LogP contribution is -2.04. The minimum atomic E-state index is 0.317. The molecule has 0 aliphatic carbocycles. The molecule has 0 aliphatic rings. The van der Waals surface area contributed by atoms with E-state index in [9.17, 15) is 0 Å². The topological polar surface area (TPSA) is 55.4 Å². The third-order valence-electron chi connectivity index (χ3n) is 3.81. The quantitative estimate of drug-likeness (QED) is 0.373. The fourth-order valence-corrected chi connectivity index (χ4v) is 2.55. The van der Waals surface area contributed by atoms with Gasteiger partial charge in [0.25, 0.3) is 0 Å².